The minimum absolute atomic E-state index is 0.0499. The Kier molecular flexibility index (Phi) is 5.87. The van der Waals surface area contributed by atoms with Crippen LogP contribution in [0.5, 0.6) is 5.75 Å². The highest BCUT2D eigenvalue weighted by atomic mass is 32.1. The number of anilines is 1. The quantitative estimate of drug-likeness (QED) is 0.620. The van der Waals surface area contributed by atoms with Gasteiger partial charge in [-0.05, 0) is 54.0 Å². The number of ether oxygens (including phenoxy) is 1. The van der Waals surface area contributed by atoms with Gasteiger partial charge in [0, 0.05) is 5.69 Å². The number of nitrogens with one attached hydrogen (secondary N) is 2. The maximum absolute atomic E-state index is 5.57. The topological polar surface area (TPSA) is 33.3 Å². The predicted octanol–water partition coefficient (Wildman–Crippen LogP) is 5.08. The summed E-state index contributed by atoms with van der Waals surface area (Å²) in [5.74, 6) is 0.834. The van der Waals surface area contributed by atoms with Crippen molar-refractivity contribution in [1.29, 1.82) is 0 Å². The normalized spacial score (nSPS) is 11.5. The predicted molar refractivity (Wildman–Crippen MR) is 112 cm³/mol. The summed E-state index contributed by atoms with van der Waals surface area (Å²) in [6, 6.07) is 26.3. The third-order valence-corrected chi connectivity index (χ3v) is 4.47. The lowest BCUT2D eigenvalue weighted by molar-refractivity contribution is 0.414. The van der Waals surface area contributed by atoms with Crippen molar-refractivity contribution < 1.29 is 4.74 Å². The van der Waals surface area contributed by atoms with Gasteiger partial charge in [0.2, 0.25) is 0 Å². The number of thiocarbonyl (C=S) groups is 1. The van der Waals surface area contributed by atoms with E-state index in [9.17, 15) is 0 Å². The molecule has 26 heavy (non-hydrogen) atoms. The van der Waals surface area contributed by atoms with Crippen molar-refractivity contribution in [2.24, 2.45) is 0 Å². The SMILES string of the molecule is COc1ccc([C@H](NC(=S)Nc2ccccc2C)c2ccccc2)cc1. The molecule has 0 aliphatic heterocycles. The minimum Gasteiger partial charge on any atom is -0.497 e. The highest BCUT2D eigenvalue weighted by molar-refractivity contribution is 7.80. The van der Waals surface area contributed by atoms with Crippen molar-refractivity contribution in [3.05, 3.63) is 95.6 Å². The maximum atomic E-state index is 5.57. The van der Waals surface area contributed by atoms with Crippen molar-refractivity contribution in [2.45, 2.75) is 13.0 Å². The monoisotopic (exact) mass is 362 g/mol. The third kappa shape index (κ3) is 4.41. The lowest BCUT2D eigenvalue weighted by Crippen LogP contribution is -2.33. The maximum Gasteiger partial charge on any atom is 0.171 e. The molecule has 0 aliphatic carbocycles. The van der Waals surface area contributed by atoms with Gasteiger partial charge in [-0.25, -0.2) is 0 Å². The number of hydrogen-bond acceptors (Lipinski definition) is 2. The molecular formula is C22H22N2OS. The van der Waals surface area contributed by atoms with Crippen LogP contribution < -0.4 is 15.4 Å². The summed E-state index contributed by atoms with van der Waals surface area (Å²) < 4.78 is 5.27. The van der Waals surface area contributed by atoms with E-state index in [0.717, 1.165) is 28.1 Å². The van der Waals surface area contributed by atoms with E-state index in [1.807, 2.05) is 48.5 Å². The molecule has 0 heterocycles. The Morgan fingerprint density at radius 2 is 1.46 bits per heavy atom. The Labute approximate surface area is 160 Å². The zero-order valence-corrected chi connectivity index (χ0v) is 15.7. The first-order valence-electron chi connectivity index (χ1n) is 8.49. The summed E-state index contributed by atoms with van der Waals surface area (Å²) in [5.41, 5.74) is 4.42. The fourth-order valence-corrected chi connectivity index (χ4v) is 3.03. The molecule has 0 unspecified atom stereocenters. The Bertz CT molecular complexity index is 863. The largest absolute Gasteiger partial charge is 0.497 e. The second-order valence-electron chi connectivity index (χ2n) is 6.03. The fourth-order valence-electron chi connectivity index (χ4n) is 2.80. The van der Waals surface area contributed by atoms with Gasteiger partial charge < -0.3 is 15.4 Å². The standard InChI is InChI=1S/C22H22N2OS/c1-16-8-6-7-11-20(16)23-22(26)24-21(17-9-4-3-5-10-17)18-12-14-19(25-2)15-13-18/h3-15,21H,1-2H3,(H2,23,24,26)/t21-/m1/s1. The first-order chi connectivity index (χ1) is 12.7. The second-order valence-corrected chi connectivity index (χ2v) is 6.44. The zero-order chi connectivity index (χ0) is 18.4. The highest BCUT2D eigenvalue weighted by Gasteiger charge is 2.15. The molecule has 132 valence electrons. The van der Waals surface area contributed by atoms with E-state index in [1.165, 1.54) is 0 Å². The molecule has 0 saturated heterocycles. The van der Waals surface area contributed by atoms with Crippen LogP contribution in [0.25, 0.3) is 0 Å². The van der Waals surface area contributed by atoms with Crippen LogP contribution in [-0.2, 0) is 0 Å². The lowest BCUT2D eigenvalue weighted by atomic mass is 9.99. The van der Waals surface area contributed by atoms with E-state index in [2.05, 4.69) is 47.9 Å². The molecular weight excluding hydrogens is 340 g/mol. The van der Waals surface area contributed by atoms with Crippen molar-refractivity contribution in [1.82, 2.24) is 5.32 Å². The molecule has 3 nitrogen and oxygen atoms in total. The van der Waals surface area contributed by atoms with E-state index in [-0.39, 0.29) is 6.04 Å². The molecule has 3 aromatic rings. The van der Waals surface area contributed by atoms with Gasteiger partial charge in [-0.3, -0.25) is 0 Å². The average molecular weight is 362 g/mol. The van der Waals surface area contributed by atoms with Crippen LogP contribution in [0.1, 0.15) is 22.7 Å². The van der Waals surface area contributed by atoms with E-state index in [1.54, 1.807) is 7.11 Å². The molecule has 0 amide bonds. The van der Waals surface area contributed by atoms with Crippen LogP contribution in [-0.4, -0.2) is 12.2 Å². The molecule has 0 aromatic heterocycles. The first-order valence-corrected chi connectivity index (χ1v) is 8.90. The van der Waals surface area contributed by atoms with E-state index >= 15 is 0 Å². The van der Waals surface area contributed by atoms with Crippen LogP contribution in [0.3, 0.4) is 0 Å². The average Bonchev–Trinajstić information content (AvgIpc) is 2.69. The summed E-state index contributed by atoms with van der Waals surface area (Å²) in [5, 5.41) is 7.33. The van der Waals surface area contributed by atoms with Crippen LogP contribution in [0.2, 0.25) is 0 Å². The summed E-state index contributed by atoms with van der Waals surface area (Å²) in [6.07, 6.45) is 0. The summed E-state index contributed by atoms with van der Waals surface area (Å²) in [6.45, 7) is 2.06. The van der Waals surface area contributed by atoms with Crippen molar-refractivity contribution >= 4 is 23.0 Å². The Morgan fingerprint density at radius 3 is 2.12 bits per heavy atom. The Morgan fingerprint density at radius 1 is 0.846 bits per heavy atom. The number of rotatable bonds is 5. The second kappa shape index (κ2) is 8.50. The number of para-hydroxylation sites is 1. The Hall–Kier alpha value is -2.85. The number of benzene rings is 3. The first kappa shape index (κ1) is 18.0. The number of hydrogen-bond donors (Lipinski definition) is 2. The summed E-state index contributed by atoms with van der Waals surface area (Å²) >= 11 is 5.57. The van der Waals surface area contributed by atoms with Crippen molar-refractivity contribution in [3.8, 4) is 5.75 Å². The van der Waals surface area contributed by atoms with E-state index in [0.29, 0.717) is 5.11 Å². The van der Waals surface area contributed by atoms with Crippen LogP contribution in [0.15, 0.2) is 78.9 Å². The molecule has 0 radical (unpaired) electrons. The van der Waals surface area contributed by atoms with Gasteiger partial charge in [0.15, 0.2) is 5.11 Å². The van der Waals surface area contributed by atoms with Crippen LogP contribution in [0.4, 0.5) is 5.69 Å². The van der Waals surface area contributed by atoms with Crippen LogP contribution >= 0.6 is 12.2 Å². The molecule has 1 atom stereocenters. The smallest absolute Gasteiger partial charge is 0.171 e. The third-order valence-electron chi connectivity index (χ3n) is 4.25. The fraction of sp³-hybridized carbons (Fsp3) is 0.136. The van der Waals surface area contributed by atoms with Gasteiger partial charge >= 0.3 is 0 Å². The molecule has 0 fully saturated rings. The lowest BCUT2D eigenvalue weighted by Gasteiger charge is -2.22. The molecule has 0 spiro atoms. The molecule has 0 aliphatic rings. The van der Waals surface area contributed by atoms with E-state index < -0.39 is 0 Å². The summed E-state index contributed by atoms with van der Waals surface area (Å²) in [7, 11) is 1.67. The molecule has 4 heteroatoms. The highest BCUT2D eigenvalue weighted by Crippen LogP contribution is 2.24. The van der Waals surface area contributed by atoms with Crippen LogP contribution in [0, 0.1) is 6.92 Å². The van der Waals surface area contributed by atoms with Gasteiger partial charge in [-0.1, -0.05) is 60.7 Å². The van der Waals surface area contributed by atoms with Gasteiger partial charge in [0.1, 0.15) is 5.75 Å². The zero-order valence-electron chi connectivity index (χ0n) is 14.9. The van der Waals surface area contributed by atoms with E-state index in [4.69, 9.17) is 17.0 Å². The summed E-state index contributed by atoms with van der Waals surface area (Å²) in [4.78, 5) is 0. The van der Waals surface area contributed by atoms with Gasteiger partial charge in [0.25, 0.3) is 0 Å². The number of methoxy groups -OCH3 is 1. The van der Waals surface area contributed by atoms with Crippen molar-refractivity contribution in [3.63, 3.8) is 0 Å². The molecule has 3 aromatic carbocycles. The molecule has 0 saturated carbocycles. The van der Waals surface area contributed by atoms with Gasteiger partial charge in [-0.2, -0.15) is 0 Å². The molecule has 2 N–H and O–H groups in total. The van der Waals surface area contributed by atoms with Gasteiger partial charge in [-0.15, -0.1) is 0 Å². The molecule has 3 rings (SSSR count). The van der Waals surface area contributed by atoms with Gasteiger partial charge in [0.05, 0.1) is 13.2 Å². The molecule has 0 bridgehead atoms. The minimum atomic E-state index is -0.0499. The Balaban J connectivity index is 1.83. The number of aryl methyl sites for hydroxylation is 1. The van der Waals surface area contributed by atoms with Crippen molar-refractivity contribution in [2.75, 3.05) is 12.4 Å².